The molecule has 5 nitrogen and oxygen atoms in total. The Morgan fingerprint density at radius 1 is 1.39 bits per heavy atom. The van der Waals surface area contributed by atoms with Gasteiger partial charge in [0.2, 0.25) is 0 Å². The maximum atomic E-state index is 13.6. The minimum absolute atomic E-state index is 0.0350. The first-order chi connectivity index (χ1) is 11.0. The number of hydrogen-bond donors (Lipinski definition) is 3. The normalized spacial score (nSPS) is 11.8. The fourth-order valence-corrected chi connectivity index (χ4v) is 2.87. The second-order valence-electron chi connectivity index (χ2n) is 4.65. The molecule has 0 spiro atoms. The van der Waals surface area contributed by atoms with Crippen molar-refractivity contribution in [3.8, 4) is 5.75 Å². The first kappa shape index (κ1) is 17.2. The van der Waals surface area contributed by atoms with Crippen molar-refractivity contribution in [2.24, 2.45) is 0 Å². The standard InChI is InChI=1S/C15H16F2N2O3S/c1-22-14-10(16)7-9(8-11(14)17)18-15(21)19-12(4-5-20)13-3-2-6-23-13/h2-3,6-8,12,20H,4-5H2,1H3,(H2,18,19,21). The largest absolute Gasteiger partial charge is 0.491 e. The van der Waals surface area contributed by atoms with Crippen molar-refractivity contribution in [3.63, 3.8) is 0 Å². The lowest BCUT2D eigenvalue weighted by atomic mass is 10.2. The van der Waals surface area contributed by atoms with Crippen molar-refractivity contribution in [1.29, 1.82) is 0 Å². The summed E-state index contributed by atoms with van der Waals surface area (Å²) in [6.07, 6.45) is 0.333. The lowest BCUT2D eigenvalue weighted by molar-refractivity contribution is 0.239. The molecule has 2 rings (SSSR count). The number of urea groups is 1. The Morgan fingerprint density at radius 2 is 2.09 bits per heavy atom. The Bertz CT molecular complexity index is 642. The molecule has 0 aliphatic carbocycles. The number of nitrogens with one attached hydrogen (secondary N) is 2. The average molecular weight is 342 g/mol. The van der Waals surface area contributed by atoms with Gasteiger partial charge in [-0.1, -0.05) is 6.07 Å². The van der Waals surface area contributed by atoms with E-state index in [1.165, 1.54) is 11.3 Å². The molecule has 2 aromatic rings. The quantitative estimate of drug-likeness (QED) is 0.754. The van der Waals surface area contributed by atoms with Gasteiger partial charge in [-0.25, -0.2) is 13.6 Å². The SMILES string of the molecule is COc1c(F)cc(NC(=O)NC(CCO)c2cccs2)cc1F. The summed E-state index contributed by atoms with van der Waals surface area (Å²) in [5, 5.41) is 16.0. The van der Waals surface area contributed by atoms with Gasteiger partial charge in [0.1, 0.15) is 0 Å². The fraction of sp³-hybridized carbons (Fsp3) is 0.267. The summed E-state index contributed by atoms with van der Waals surface area (Å²) in [5.41, 5.74) is -0.0350. The third kappa shape index (κ3) is 4.40. The smallest absolute Gasteiger partial charge is 0.319 e. The topological polar surface area (TPSA) is 70.6 Å². The summed E-state index contributed by atoms with van der Waals surface area (Å²) in [7, 11) is 1.15. The van der Waals surface area contributed by atoms with Gasteiger partial charge < -0.3 is 20.5 Å². The number of ether oxygens (including phenoxy) is 1. The van der Waals surface area contributed by atoms with E-state index in [0.717, 1.165) is 24.1 Å². The Kier molecular flexibility index (Phi) is 5.89. The molecule has 2 amide bonds. The minimum Gasteiger partial charge on any atom is -0.491 e. The highest BCUT2D eigenvalue weighted by atomic mass is 32.1. The number of anilines is 1. The number of rotatable bonds is 6. The highest BCUT2D eigenvalue weighted by molar-refractivity contribution is 7.10. The van der Waals surface area contributed by atoms with Crippen molar-refractivity contribution in [2.45, 2.75) is 12.5 Å². The second-order valence-corrected chi connectivity index (χ2v) is 5.63. The summed E-state index contributed by atoms with van der Waals surface area (Å²) < 4.78 is 31.8. The van der Waals surface area contributed by atoms with E-state index in [9.17, 15) is 13.6 Å². The van der Waals surface area contributed by atoms with Crippen LogP contribution in [0.25, 0.3) is 0 Å². The van der Waals surface area contributed by atoms with Crippen LogP contribution in [0.5, 0.6) is 5.75 Å². The molecular weight excluding hydrogens is 326 g/mol. The van der Waals surface area contributed by atoms with Crippen LogP contribution in [0.1, 0.15) is 17.3 Å². The fourth-order valence-electron chi connectivity index (χ4n) is 2.06. The number of aliphatic hydroxyl groups excluding tert-OH is 1. The van der Waals surface area contributed by atoms with Gasteiger partial charge in [-0.2, -0.15) is 0 Å². The minimum atomic E-state index is -0.909. The molecule has 0 aliphatic heterocycles. The number of carbonyl (C=O) groups excluding carboxylic acids is 1. The molecule has 0 fully saturated rings. The van der Waals surface area contributed by atoms with E-state index in [1.54, 1.807) is 0 Å². The maximum absolute atomic E-state index is 13.6. The number of aliphatic hydroxyl groups is 1. The molecule has 0 saturated carbocycles. The molecule has 23 heavy (non-hydrogen) atoms. The molecule has 8 heteroatoms. The Hall–Kier alpha value is -2.19. The van der Waals surface area contributed by atoms with Crippen LogP contribution in [0.2, 0.25) is 0 Å². The Morgan fingerprint density at radius 3 is 2.61 bits per heavy atom. The zero-order valence-electron chi connectivity index (χ0n) is 12.3. The molecule has 0 radical (unpaired) electrons. The van der Waals surface area contributed by atoms with Crippen LogP contribution in [0.3, 0.4) is 0 Å². The first-order valence-corrected chi connectivity index (χ1v) is 7.68. The Labute approximate surface area is 135 Å². The summed E-state index contributed by atoms with van der Waals surface area (Å²) in [4.78, 5) is 12.9. The zero-order valence-corrected chi connectivity index (χ0v) is 13.1. The second kappa shape index (κ2) is 7.89. The zero-order chi connectivity index (χ0) is 16.8. The third-order valence-electron chi connectivity index (χ3n) is 3.07. The van der Waals surface area contributed by atoms with Gasteiger partial charge in [0, 0.05) is 29.3 Å². The van der Waals surface area contributed by atoms with Crippen molar-refractivity contribution >= 4 is 23.1 Å². The lowest BCUT2D eigenvalue weighted by Crippen LogP contribution is -2.32. The molecule has 1 atom stereocenters. The van der Waals surface area contributed by atoms with Crippen molar-refractivity contribution < 1.29 is 23.4 Å². The van der Waals surface area contributed by atoms with Crippen molar-refractivity contribution in [3.05, 3.63) is 46.2 Å². The van der Waals surface area contributed by atoms with Crippen LogP contribution < -0.4 is 15.4 Å². The highest BCUT2D eigenvalue weighted by Crippen LogP contribution is 2.26. The van der Waals surface area contributed by atoms with E-state index < -0.39 is 23.4 Å². The van der Waals surface area contributed by atoms with E-state index in [2.05, 4.69) is 15.4 Å². The summed E-state index contributed by atoms with van der Waals surface area (Å²) in [5.74, 6) is -2.33. The van der Waals surface area contributed by atoms with Crippen LogP contribution in [-0.4, -0.2) is 24.9 Å². The molecule has 1 aromatic carbocycles. The van der Waals surface area contributed by atoms with E-state index in [1.807, 2.05) is 17.5 Å². The third-order valence-corrected chi connectivity index (χ3v) is 4.06. The molecule has 1 heterocycles. The van der Waals surface area contributed by atoms with Crippen LogP contribution in [0, 0.1) is 11.6 Å². The predicted octanol–water partition coefficient (Wildman–Crippen LogP) is 3.28. The van der Waals surface area contributed by atoms with Gasteiger partial charge in [0.25, 0.3) is 0 Å². The van der Waals surface area contributed by atoms with Gasteiger partial charge in [0.15, 0.2) is 17.4 Å². The molecule has 1 unspecified atom stereocenters. The van der Waals surface area contributed by atoms with Gasteiger partial charge in [-0.05, 0) is 17.9 Å². The molecule has 1 aromatic heterocycles. The number of methoxy groups -OCH3 is 1. The van der Waals surface area contributed by atoms with Crippen molar-refractivity contribution in [1.82, 2.24) is 5.32 Å². The van der Waals surface area contributed by atoms with E-state index >= 15 is 0 Å². The van der Waals surface area contributed by atoms with Gasteiger partial charge in [-0.3, -0.25) is 0 Å². The number of halogens is 2. The summed E-state index contributed by atoms with van der Waals surface area (Å²) in [6.45, 7) is -0.103. The number of benzene rings is 1. The van der Waals surface area contributed by atoms with Crippen LogP contribution in [0.4, 0.5) is 19.3 Å². The lowest BCUT2D eigenvalue weighted by Gasteiger charge is -2.17. The van der Waals surface area contributed by atoms with E-state index in [4.69, 9.17) is 5.11 Å². The van der Waals surface area contributed by atoms with E-state index in [-0.39, 0.29) is 18.3 Å². The number of amides is 2. The predicted molar refractivity (Wildman–Crippen MR) is 83.8 cm³/mol. The average Bonchev–Trinajstić information content (AvgIpc) is 3.00. The van der Waals surface area contributed by atoms with Gasteiger partial charge in [0.05, 0.1) is 13.2 Å². The van der Waals surface area contributed by atoms with Crippen LogP contribution >= 0.6 is 11.3 Å². The van der Waals surface area contributed by atoms with Crippen LogP contribution in [0.15, 0.2) is 29.6 Å². The van der Waals surface area contributed by atoms with Crippen molar-refractivity contribution in [2.75, 3.05) is 19.0 Å². The first-order valence-electron chi connectivity index (χ1n) is 6.80. The molecular formula is C15H16F2N2O3S. The van der Waals surface area contributed by atoms with Gasteiger partial charge >= 0.3 is 6.03 Å². The maximum Gasteiger partial charge on any atom is 0.319 e. The monoisotopic (exact) mass is 342 g/mol. The van der Waals surface area contributed by atoms with E-state index in [0.29, 0.717) is 6.42 Å². The summed E-state index contributed by atoms with van der Waals surface area (Å²) >= 11 is 1.44. The number of thiophene rings is 1. The van der Waals surface area contributed by atoms with Gasteiger partial charge in [-0.15, -0.1) is 11.3 Å². The summed E-state index contributed by atoms with van der Waals surface area (Å²) in [6, 6.07) is 4.59. The molecule has 0 bridgehead atoms. The number of carbonyl (C=O) groups is 1. The highest BCUT2D eigenvalue weighted by Gasteiger charge is 2.17. The molecule has 0 aliphatic rings. The molecule has 3 N–H and O–H groups in total. The molecule has 124 valence electrons. The van der Waals surface area contributed by atoms with Crippen LogP contribution in [-0.2, 0) is 0 Å². The Balaban J connectivity index is 2.06. The number of hydrogen-bond acceptors (Lipinski definition) is 4. The molecule has 0 saturated heterocycles.